The van der Waals surface area contributed by atoms with E-state index in [0.717, 1.165) is 18.3 Å². The average molecular weight is 452 g/mol. The fraction of sp³-hybridized carbons (Fsp3) is 0.238. The van der Waals surface area contributed by atoms with Gasteiger partial charge in [0.05, 0.1) is 25.0 Å². The van der Waals surface area contributed by atoms with Crippen LogP contribution in [0.4, 0.5) is 33.5 Å². The molecule has 0 bridgehead atoms. The van der Waals surface area contributed by atoms with Gasteiger partial charge in [-0.3, -0.25) is 4.79 Å². The predicted octanol–water partition coefficient (Wildman–Crippen LogP) is 5.08. The summed E-state index contributed by atoms with van der Waals surface area (Å²) in [7, 11) is 1.44. The summed E-state index contributed by atoms with van der Waals surface area (Å²) in [5.41, 5.74) is 0.00133. The lowest BCUT2D eigenvalue weighted by atomic mass is 9.96. The van der Waals surface area contributed by atoms with Gasteiger partial charge in [-0.25, -0.2) is 13.5 Å². The topological polar surface area (TPSA) is 68.2 Å². The van der Waals surface area contributed by atoms with Crippen LogP contribution < -0.4 is 15.4 Å². The van der Waals surface area contributed by atoms with Crippen LogP contribution in [0.15, 0.2) is 48.7 Å². The summed E-state index contributed by atoms with van der Waals surface area (Å²) in [6.45, 7) is 0. The molecule has 1 aromatic heterocycles. The highest BCUT2D eigenvalue weighted by atomic mass is 19.4. The molecule has 2 heterocycles. The van der Waals surface area contributed by atoms with E-state index in [9.17, 15) is 26.7 Å². The van der Waals surface area contributed by atoms with Gasteiger partial charge in [-0.15, -0.1) is 0 Å². The van der Waals surface area contributed by atoms with Gasteiger partial charge >= 0.3 is 6.18 Å². The highest BCUT2D eigenvalue weighted by molar-refractivity contribution is 6.07. The van der Waals surface area contributed by atoms with Crippen LogP contribution in [-0.4, -0.2) is 29.0 Å². The van der Waals surface area contributed by atoms with Crippen molar-refractivity contribution in [2.75, 3.05) is 17.7 Å². The third-order valence-corrected chi connectivity index (χ3v) is 5.16. The zero-order valence-electron chi connectivity index (χ0n) is 16.6. The van der Waals surface area contributed by atoms with E-state index in [1.54, 1.807) is 24.3 Å². The van der Waals surface area contributed by atoms with Gasteiger partial charge in [-0.2, -0.15) is 18.3 Å². The first-order chi connectivity index (χ1) is 15.2. The Bertz CT molecular complexity index is 1160. The molecule has 2 atom stereocenters. The highest BCUT2D eigenvalue weighted by Gasteiger charge is 2.47. The van der Waals surface area contributed by atoms with Crippen molar-refractivity contribution in [3.05, 3.63) is 71.4 Å². The fourth-order valence-corrected chi connectivity index (χ4v) is 3.59. The minimum absolute atomic E-state index is 0.161. The molecule has 3 aromatic rings. The maximum atomic E-state index is 13.9. The molecule has 11 heteroatoms. The molecular weight excluding hydrogens is 435 g/mol. The Hall–Kier alpha value is -3.63. The van der Waals surface area contributed by atoms with Gasteiger partial charge < -0.3 is 15.4 Å². The Morgan fingerprint density at radius 3 is 2.69 bits per heavy atom. The van der Waals surface area contributed by atoms with Crippen molar-refractivity contribution in [3.8, 4) is 5.75 Å². The van der Waals surface area contributed by atoms with Gasteiger partial charge in [0.25, 0.3) is 5.91 Å². The molecule has 0 saturated carbocycles. The van der Waals surface area contributed by atoms with E-state index in [1.807, 2.05) is 0 Å². The molecule has 32 heavy (non-hydrogen) atoms. The maximum absolute atomic E-state index is 13.9. The Morgan fingerprint density at radius 2 is 2.00 bits per heavy atom. The summed E-state index contributed by atoms with van der Waals surface area (Å²) < 4.78 is 74.3. The van der Waals surface area contributed by atoms with E-state index in [2.05, 4.69) is 15.7 Å². The van der Waals surface area contributed by atoms with Crippen LogP contribution in [0.2, 0.25) is 0 Å². The molecule has 0 aliphatic carbocycles. The maximum Gasteiger partial charge on any atom is 0.410 e. The van der Waals surface area contributed by atoms with Crippen LogP contribution >= 0.6 is 0 Å². The first-order valence-electron chi connectivity index (χ1n) is 9.48. The molecule has 2 aromatic carbocycles. The average Bonchev–Trinajstić information content (AvgIpc) is 3.18. The van der Waals surface area contributed by atoms with E-state index in [4.69, 9.17) is 4.74 Å². The van der Waals surface area contributed by atoms with E-state index in [0.29, 0.717) is 22.1 Å². The van der Waals surface area contributed by atoms with Crippen LogP contribution in [0, 0.1) is 11.6 Å². The van der Waals surface area contributed by atoms with Gasteiger partial charge in [-0.1, -0.05) is 12.1 Å². The van der Waals surface area contributed by atoms with Crippen LogP contribution in [0.1, 0.15) is 34.4 Å². The summed E-state index contributed by atoms with van der Waals surface area (Å²) in [4.78, 5) is 12.7. The molecule has 1 aliphatic rings. The summed E-state index contributed by atoms with van der Waals surface area (Å²) in [6, 6.07) is 6.32. The number of hydrogen-bond donors (Lipinski definition) is 2. The SMILES string of the molecule is COc1cccc([C@H]2C[C@H](C(F)(F)F)n3ncc(C(=O)Nc4ccc(F)cc4F)c3N2)c1. The Balaban J connectivity index is 1.70. The second-order valence-corrected chi connectivity index (χ2v) is 7.20. The Labute approximate surface area is 179 Å². The van der Waals surface area contributed by atoms with Crippen molar-refractivity contribution < 1.29 is 31.5 Å². The molecule has 0 saturated heterocycles. The molecular formula is C21H17F5N4O2. The van der Waals surface area contributed by atoms with Crippen molar-refractivity contribution in [2.24, 2.45) is 0 Å². The van der Waals surface area contributed by atoms with E-state index < -0.39 is 35.8 Å². The highest BCUT2D eigenvalue weighted by Crippen LogP contribution is 2.44. The largest absolute Gasteiger partial charge is 0.497 e. The van der Waals surface area contributed by atoms with Crippen molar-refractivity contribution >= 4 is 17.4 Å². The molecule has 168 valence electrons. The number of amides is 1. The number of aromatic nitrogens is 2. The molecule has 4 rings (SSSR count). The van der Waals surface area contributed by atoms with Crippen molar-refractivity contribution in [2.45, 2.75) is 24.7 Å². The van der Waals surface area contributed by atoms with Gasteiger partial charge in [0.2, 0.25) is 0 Å². The number of nitrogens with zero attached hydrogens (tertiary/aromatic N) is 2. The fourth-order valence-electron chi connectivity index (χ4n) is 3.59. The van der Waals surface area contributed by atoms with Crippen molar-refractivity contribution in [1.82, 2.24) is 9.78 Å². The summed E-state index contributed by atoms with van der Waals surface area (Å²) in [6.07, 6.45) is -4.01. The molecule has 0 spiro atoms. The first-order valence-corrected chi connectivity index (χ1v) is 9.48. The van der Waals surface area contributed by atoms with Crippen LogP contribution in [-0.2, 0) is 0 Å². The summed E-state index contributed by atoms with van der Waals surface area (Å²) in [5, 5.41) is 8.94. The Kier molecular flexibility index (Phi) is 5.49. The molecule has 2 N–H and O–H groups in total. The number of halogens is 5. The molecule has 0 fully saturated rings. The predicted molar refractivity (Wildman–Crippen MR) is 106 cm³/mol. The van der Waals surface area contributed by atoms with Gasteiger partial charge in [-0.05, 0) is 29.8 Å². The zero-order valence-corrected chi connectivity index (χ0v) is 16.6. The number of rotatable bonds is 4. The third kappa shape index (κ3) is 4.10. The number of nitrogens with one attached hydrogen (secondary N) is 2. The molecule has 1 amide bonds. The van der Waals surface area contributed by atoms with Crippen LogP contribution in [0.5, 0.6) is 5.75 Å². The normalized spacial score (nSPS) is 17.9. The molecule has 0 unspecified atom stereocenters. The number of benzene rings is 2. The minimum Gasteiger partial charge on any atom is -0.497 e. The summed E-state index contributed by atoms with van der Waals surface area (Å²) >= 11 is 0. The lowest BCUT2D eigenvalue weighted by Crippen LogP contribution is -2.36. The van der Waals surface area contributed by atoms with Crippen molar-refractivity contribution in [1.29, 1.82) is 0 Å². The number of hydrogen-bond acceptors (Lipinski definition) is 4. The van der Waals surface area contributed by atoms with Gasteiger partial charge in [0, 0.05) is 12.5 Å². The number of carbonyl (C=O) groups is 1. The van der Waals surface area contributed by atoms with Crippen LogP contribution in [0.3, 0.4) is 0 Å². The minimum atomic E-state index is -4.63. The van der Waals surface area contributed by atoms with Crippen molar-refractivity contribution in [3.63, 3.8) is 0 Å². The monoisotopic (exact) mass is 452 g/mol. The molecule has 6 nitrogen and oxygen atoms in total. The standard InChI is InChI=1S/C21H17F5N4O2/c1-32-13-4-2-3-11(7-13)17-9-18(21(24,25)26)30-19(28-17)14(10-27-30)20(31)29-16-6-5-12(22)8-15(16)23/h2-8,10,17-18,28H,9H2,1H3,(H,29,31)/t17-,18-/m1/s1. The Morgan fingerprint density at radius 1 is 1.22 bits per heavy atom. The van der Waals surface area contributed by atoms with E-state index >= 15 is 0 Å². The van der Waals surface area contributed by atoms with E-state index in [-0.39, 0.29) is 23.5 Å². The number of ether oxygens (including phenoxy) is 1. The zero-order chi connectivity index (χ0) is 23.0. The lowest BCUT2D eigenvalue weighted by Gasteiger charge is -2.34. The van der Waals surface area contributed by atoms with Crippen LogP contribution in [0.25, 0.3) is 0 Å². The molecule has 1 aliphatic heterocycles. The number of alkyl halides is 3. The van der Waals surface area contributed by atoms with E-state index in [1.165, 1.54) is 7.11 Å². The van der Waals surface area contributed by atoms with Gasteiger partial charge in [0.1, 0.15) is 28.8 Å². The summed E-state index contributed by atoms with van der Waals surface area (Å²) in [5.74, 6) is -2.44. The third-order valence-electron chi connectivity index (χ3n) is 5.16. The number of fused-ring (bicyclic) bond motifs is 1. The lowest BCUT2D eigenvalue weighted by molar-refractivity contribution is -0.173. The molecule has 0 radical (unpaired) electrons. The smallest absolute Gasteiger partial charge is 0.410 e. The number of anilines is 2. The first kappa shape index (κ1) is 21.6. The quantitative estimate of drug-likeness (QED) is 0.542. The second-order valence-electron chi connectivity index (χ2n) is 7.20. The van der Waals surface area contributed by atoms with Gasteiger partial charge in [0.15, 0.2) is 6.04 Å². The number of methoxy groups -OCH3 is 1. The second kappa shape index (κ2) is 8.13. The number of carbonyl (C=O) groups excluding carboxylic acids is 1.